The Kier molecular flexibility index (Phi) is 2.54. The molecule has 1 aliphatic rings. The summed E-state index contributed by atoms with van der Waals surface area (Å²) < 4.78 is 1.80. The molecule has 1 amide bonds. The number of likely N-dealkylation sites (tertiary alicyclic amines) is 1. The smallest absolute Gasteiger partial charge is 0.272 e. The number of nitrogens with zero attached hydrogens (tertiary/aromatic N) is 4. The molecule has 0 N–H and O–H groups in total. The van der Waals surface area contributed by atoms with Crippen molar-refractivity contribution in [3.05, 3.63) is 30.4 Å². The lowest BCUT2D eigenvalue weighted by Gasteiger charge is -2.41. The molecule has 2 aromatic rings. The van der Waals surface area contributed by atoms with Gasteiger partial charge in [-0.2, -0.15) is 0 Å². The molecule has 2 aromatic heterocycles. The van der Waals surface area contributed by atoms with Crippen LogP contribution in [0.5, 0.6) is 0 Å². The minimum Gasteiger partial charge on any atom is -0.337 e. The number of carbonyl (C=O) groups is 1. The first-order chi connectivity index (χ1) is 8.65. The van der Waals surface area contributed by atoms with E-state index in [-0.39, 0.29) is 5.91 Å². The molecule has 18 heavy (non-hydrogen) atoms. The van der Waals surface area contributed by atoms with Crippen LogP contribution in [-0.2, 0) is 0 Å². The summed E-state index contributed by atoms with van der Waals surface area (Å²) in [6, 6.07) is 1.75. The quantitative estimate of drug-likeness (QED) is 0.803. The van der Waals surface area contributed by atoms with Gasteiger partial charge in [-0.3, -0.25) is 9.20 Å². The third-order valence-electron chi connectivity index (χ3n) is 3.62. The first-order valence-corrected chi connectivity index (χ1v) is 6.24. The molecule has 94 valence electrons. The topological polar surface area (TPSA) is 50.5 Å². The minimum absolute atomic E-state index is 0.0115. The Morgan fingerprint density at radius 1 is 1.39 bits per heavy atom. The molecule has 0 spiro atoms. The van der Waals surface area contributed by atoms with Crippen molar-refractivity contribution in [2.24, 2.45) is 11.8 Å². The van der Waals surface area contributed by atoms with E-state index in [0.29, 0.717) is 23.3 Å². The Morgan fingerprint density at radius 2 is 2.17 bits per heavy atom. The number of aromatic nitrogens is 3. The van der Waals surface area contributed by atoms with Crippen LogP contribution in [0.15, 0.2) is 24.7 Å². The van der Waals surface area contributed by atoms with Crippen molar-refractivity contribution < 1.29 is 4.79 Å². The normalized spacial score (nSPS) is 16.3. The van der Waals surface area contributed by atoms with Crippen LogP contribution in [0, 0.1) is 11.8 Å². The summed E-state index contributed by atoms with van der Waals surface area (Å²) in [7, 11) is 0. The van der Waals surface area contributed by atoms with E-state index in [9.17, 15) is 4.79 Å². The number of hydrogen-bond donors (Lipinski definition) is 0. The Balaban J connectivity index is 1.76. The van der Waals surface area contributed by atoms with Crippen molar-refractivity contribution in [3.63, 3.8) is 0 Å². The number of amides is 1. The van der Waals surface area contributed by atoms with E-state index in [0.717, 1.165) is 13.1 Å². The zero-order chi connectivity index (χ0) is 12.7. The molecular weight excluding hydrogens is 228 g/mol. The van der Waals surface area contributed by atoms with Crippen LogP contribution in [-0.4, -0.2) is 38.3 Å². The molecule has 0 atom stereocenters. The number of hydrogen-bond acceptors (Lipinski definition) is 3. The Morgan fingerprint density at radius 3 is 2.89 bits per heavy atom. The molecule has 1 saturated heterocycles. The highest BCUT2D eigenvalue weighted by Gasteiger charge is 2.33. The second-order valence-electron chi connectivity index (χ2n) is 5.16. The molecule has 0 aromatic carbocycles. The summed E-state index contributed by atoms with van der Waals surface area (Å²) in [5.41, 5.74) is 0.482. The molecule has 1 aliphatic heterocycles. The largest absolute Gasteiger partial charge is 0.337 e. The van der Waals surface area contributed by atoms with Gasteiger partial charge in [0.1, 0.15) is 5.69 Å². The maximum absolute atomic E-state index is 12.2. The van der Waals surface area contributed by atoms with Gasteiger partial charge in [0.25, 0.3) is 5.91 Å². The molecule has 0 unspecified atom stereocenters. The van der Waals surface area contributed by atoms with Gasteiger partial charge < -0.3 is 4.90 Å². The summed E-state index contributed by atoms with van der Waals surface area (Å²) in [6.45, 7) is 6.08. The van der Waals surface area contributed by atoms with Crippen LogP contribution in [0.25, 0.3) is 5.78 Å². The Labute approximate surface area is 105 Å². The van der Waals surface area contributed by atoms with Crippen molar-refractivity contribution in [3.8, 4) is 0 Å². The Bertz CT molecular complexity index is 583. The van der Waals surface area contributed by atoms with E-state index < -0.39 is 0 Å². The molecule has 0 saturated carbocycles. The van der Waals surface area contributed by atoms with Gasteiger partial charge in [-0.1, -0.05) is 13.8 Å². The first kappa shape index (κ1) is 11.2. The van der Waals surface area contributed by atoms with Crippen LogP contribution in [0.2, 0.25) is 0 Å². The molecule has 5 nitrogen and oxygen atoms in total. The molecule has 5 heteroatoms. The highest BCUT2D eigenvalue weighted by molar-refractivity contribution is 5.93. The van der Waals surface area contributed by atoms with Crippen LogP contribution in [0.4, 0.5) is 0 Å². The summed E-state index contributed by atoms with van der Waals surface area (Å²) >= 11 is 0. The molecule has 0 bridgehead atoms. The van der Waals surface area contributed by atoms with Gasteiger partial charge in [0.15, 0.2) is 0 Å². The predicted octanol–water partition coefficient (Wildman–Crippen LogP) is 1.46. The average molecular weight is 244 g/mol. The fourth-order valence-corrected chi connectivity index (χ4v) is 2.19. The summed E-state index contributed by atoms with van der Waals surface area (Å²) in [6.07, 6.45) is 5.31. The molecule has 0 radical (unpaired) electrons. The van der Waals surface area contributed by atoms with Crippen LogP contribution in [0.1, 0.15) is 24.3 Å². The number of rotatable bonds is 2. The van der Waals surface area contributed by atoms with Crippen molar-refractivity contribution in [1.29, 1.82) is 0 Å². The first-order valence-electron chi connectivity index (χ1n) is 6.24. The van der Waals surface area contributed by atoms with E-state index >= 15 is 0 Å². The highest BCUT2D eigenvalue weighted by atomic mass is 16.2. The van der Waals surface area contributed by atoms with Crippen molar-refractivity contribution >= 4 is 11.7 Å². The maximum atomic E-state index is 12.2. The molecule has 1 fully saturated rings. The molecule has 3 rings (SSSR count). The molecule has 3 heterocycles. The number of carbonyl (C=O) groups excluding carboxylic acids is 1. The standard InChI is InChI=1S/C13H16N4O/c1-9(2)10-7-17(8-10)12(18)11-3-5-16-6-4-14-13(16)15-11/h3-6,9-10H,7-8H2,1-2H3. The fraction of sp³-hybridized carbons (Fsp3) is 0.462. The highest BCUT2D eigenvalue weighted by Crippen LogP contribution is 2.24. The Hall–Kier alpha value is -1.91. The third kappa shape index (κ3) is 1.75. The van der Waals surface area contributed by atoms with E-state index in [1.165, 1.54) is 0 Å². The fourth-order valence-electron chi connectivity index (χ4n) is 2.19. The second kappa shape index (κ2) is 4.08. The van der Waals surface area contributed by atoms with E-state index in [1.807, 2.05) is 17.3 Å². The minimum atomic E-state index is 0.0115. The SMILES string of the molecule is CC(C)C1CN(C(=O)c2ccn3ccnc3n2)C1. The number of fused-ring (bicyclic) bond motifs is 1. The zero-order valence-corrected chi connectivity index (χ0v) is 10.6. The zero-order valence-electron chi connectivity index (χ0n) is 10.6. The van der Waals surface area contributed by atoms with Gasteiger partial charge in [-0.05, 0) is 17.9 Å². The molecule has 0 aliphatic carbocycles. The van der Waals surface area contributed by atoms with E-state index in [2.05, 4.69) is 23.8 Å². The van der Waals surface area contributed by atoms with Gasteiger partial charge >= 0.3 is 0 Å². The predicted molar refractivity (Wildman–Crippen MR) is 67.2 cm³/mol. The van der Waals surface area contributed by atoms with Gasteiger partial charge in [-0.25, -0.2) is 9.97 Å². The summed E-state index contributed by atoms with van der Waals surface area (Å²) in [5, 5.41) is 0. The van der Waals surface area contributed by atoms with Gasteiger partial charge in [-0.15, -0.1) is 0 Å². The third-order valence-corrected chi connectivity index (χ3v) is 3.62. The van der Waals surface area contributed by atoms with Crippen LogP contribution >= 0.6 is 0 Å². The van der Waals surface area contributed by atoms with Gasteiger partial charge in [0, 0.05) is 31.7 Å². The molecular formula is C13H16N4O. The lowest BCUT2D eigenvalue weighted by atomic mass is 9.88. The number of imidazole rings is 1. The van der Waals surface area contributed by atoms with Gasteiger partial charge in [0.2, 0.25) is 5.78 Å². The van der Waals surface area contributed by atoms with Crippen LogP contribution < -0.4 is 0 Å². The van der Waals surface area contributed by atoms with E-state index in [1.54, 1.807) is 16.7 Å². The van der Waals surface area contributed by atoms with E-state index in [4.69, 9.17) is 0 Å². The monoisotopic (exact) mass is 244 g/mol. The van der Waals surface area contributed by atoms with Crippen molar-refractivity contribution in [2.45, 2.75) is 13.8 Å². The van der Waals surface area contributed by atoms with Crippen molar-refractivity contribution in [1.82, 2.24) is 19.3 Å². The lowest BCUT2D eigenvalue weighted by Crippen LogP contribution is -2.52. The van der Waals surface area contributed by atoms with Crippen LogP contribution in [0.3, 0.4) is 0 Å². The summed E-state index contributed by atoms with van der Waals surface area (Å²) in [4.78, 5) is 22.4. The summed E-state index contributed by atoms with van der Waals surface area (Å²) in [5.74, 6) is 1.85. The average Bonchev–Trinajstić information content (AvgIpc) is 2.72. The lowest BCUT2D eigenvalue weighted by molar-refractivity contribution is 0.0402. The second-order valence-corrected chi connectivity index (χ2v) is 5.16. The maximum Gasteiger partial charge on any atom is 0.272 e. The van der Waals surface area contributed by atoms with Gasteiger partial charge in [0.05, 0.1) is 0 Å². The van der Waals surface area contributed by atoms with Crippen molar-refractivity contribution in [2.75, 3.05) is 13.1 Å².